The molecule has 0 bridgehead atoms. The number of hydrogen-bond donors (Lipinski definition) is 4. The van der Waals surface area contributed by atoms with Crippen LogP contribution in [0.2, 0.25) is 0 Å². The first-order valence-electron chi connectivity index (χ1n) is 3.02. The number of amides is 2. The molecule has 9 nitrogen and oxygen atoms in total. The van der Waals surface area contributed by atoms with Gasteiger partial charge in [0.1, 0.15) is 11.8 Å². The molecule has 0 aliphatic heterocycles. The van der Waals surface area contributed by atoms with Gasteiger partial charge in [0.2, 0.25) is 0 Å². The van der Waals surface area contributed by atoms with Crippen LogP contribution in [0.3, 0.4) is 0 Å². The van der Waals surface area contributed by atoms with Gasteiger partial charge >= 0.3 is 6.03 Å². The number of carbonyl (C=O) groups excluding carboxylic acids is 1. The van der Waals surface area contributed by atoms with Gasteiger partial charge in [-0.3, -0.25) is 9.11 Å². The van der Waals surface area contributed by atoms with Gasteiger partial charge in [-0.25, -0.2) is 4.79 Å². The summed E-state index contributed by atoms with van der Waals surface area (Å²) < 4.78 is 56.6. The van der Waals surface area contributed by atoms with Crippen molar-refractivity contribution in [3.8, 4) is 0 Å². The van der Waals surface area contributed by atoms with Crippen molar-refractivity contribution in [2.75, 3.05) is 11.8 Å². The summed E-state index contributed by atoms with van der Waals surface area (Å²) in [6.45, 7) is 0. The topological polar surface area (TPSA) is 150 Å². The molecule has 2 amide bonds. The fourth-order valence-electron chi connectivity index (χ4n) is 0.376. The Morgan fingerprint density at radius 1 is 0.929 bits per heavy atom. The molecule has 84 valence electrons. The van der Waals surface area contributed by atoms with Crippen molar-refractivity contribution in [1.82, 2.24) is 10.6 Å². The summed E-state index contributed by atoms with van der Waals surface area (Å²) in [5, 5.41) is 3.26. The van der Waals surface area contributed by atoms with Crippen LogP contribution in [0.15, 0.2) is 0 Å². The zero-order valence-electron chi connectivity index (χ0n) is 6.67. The molecule has 0 heterocycles. The third kappa shape index (κ3) is 9.18. The molecule has 0 unspecified atom stereocenters. The van der Waals surface area contributed by atoms with Gasteiger partial charge in [0.05, 0.1) is 0 Å². The molecule has 0 aliphatic carbocycles. The van der Waals surface area contributed by atoms with Crippen LogP contribution in [0.1, 0.15) is 0 Å². The second-order valence-electron chi connectivity index (χ2n) is 2.14. The summed E-state index contributed by atoms with van der Waals surface area (Å²) in [6, 6.07) is -1.15. The molecule has 0 saturated heterocycles. The van der Waals surface area contributed by atoms with Crippen LogP contribution in [0, 0.1) is 0 Å². The average molecular weight is 248 g/mol. The lowest BCUT2D eigenvalue weighted by molar-refractivity contribution is 0.243. The molecular weight excluding hydrogens is 240 g/mol. The van der Waals surface area contributed by atoms with Crippen molar-refractivity contribution in [2.24, 2.45) is 0 Å². The minimum absolute atomic E-state index is 1.05. The Hall–Kier alpha value is -0.910. The van der Waals surface area contributed by atoms with Gasteiger partial charge in [-0.1, -0.05) is 0 Å². The zero-order valence-corrected chi connectivity index (χ0v) is 8.30. The summed E-state index contributed by atoms with van der Waals surface area (Å²) in [4.78, 5) is 10.6. The average Bonchev–Trinajstić information content (AvgIpc) is 1.94. The molecule has 14 heavy (non-hydrogen) atoms. The van der Waals surface area contributed by atoms with Gasteiger partial charge < -0.3 is 10.6 Å². The van der Waals surface area contributed by atoms with E-state index < -0.39 is 38.0 Å². The molecule has 4 N–H and O–H groups in total. The number of rotatable bonds is 4. The molecule has 11 heteroatoms. The van der Waals surface area contributed by atoms with E-state index in [0.717, 1.165) is 0 Å². The van der Waals surface area contributed by atoms with Crippen LogP contribution in [-0.2, 0) is 20.2 Å². The molecule has 0 saturated carbocycles. The highest BCUT2D eigenvalue weighted by Gasteiger charge is 2.10. The van der Waals surface area contributed by atoms with Crippen LogP contribution >= 0.6 is 0 Å². The molecule has 0 atom stereocenters. The predicted molar refractivity (Wildman–Crippen MR) is 44.5 cm³/mol. The Kier molecular flexibility index (Phi) is 4.25. The highest BCUT2D eigenvalue weighted by atomic mass is 32.2. The first kappa shape index (κ1) is 13.1. The van der Waals surface area contributed by atoms with Gasteiger partial charge in [0.15, 0.2) is 0 Å². The second-order valence-corrected chi connectivity index (χ2v) is 5.04. The largest absolute Gasteiger partial charge is 0.322 e. The molecule has 0 radical (unpaired) electrons. The predicted octanol–water partition coefficient (Wildman–Crippen LogP) is -2.02. The number of hydrogen-bond acceptors (Lipinski definition) is 5. The number of nitrogens with one attached hydrogen (secondary N) is 2. The fourth-order valence-corrected chi connectivity index (χ4v) is 1.00. The van der Waals surface area contributed by atoms with Crippen LogP contribution in [0.4, 0.5) is 4.79 Å². The Bertz CT molecular complexity index is 357. The van der Waals surface area contributed by atoms with E-state index in [1.54, 1.807) is 10.6 Å². The maximum Gasteiger partial charge on any atom is 0.316 e. The third-order valence-corrected chi connectivity index (χ3v) is 1.85. The molecule has 0 aromatic heterocycles. The Morgan fingerprint density at radius 2 is 1.21 bits per heavy atom. The minimum atomic E-state index is -4.36. The molecule has 0 fully saturated rings. The molecule has 0 aromatic carbocycles. The smallest absolute Gasteiger partial charge is 0.316 e. The summed E-state index contributed by atoms with van der Waals surface area (Å²) >= 11 is 0. The van der Waals surface area contributed by atoms with Crippen LogP contribution in [0.5, 0.6) is 0 Å². The van der Waals surface area contributed by atoms with Gasteiger partial charge in [0, 0.05) is 0 Å². The molecule has 0 spiro atoms. The lowest BCUT2D eigenvalue weighted by Gasteiger charge is -2.03. The van der Waals surface area contributed by atoms with E-state index in [-0.39, 0.29) is 0 Å². The van der Waals surface area contributed by atoms with E-state index in [0.29, 0.717) is 0 Å². The molecule has 0 aliphatic rings. The lowest BCUT2D eigenvalue weighted by Crippen LogP contribution is -2.40. The highest BCUT2D eigenvalue weighted by Crippen LogP contribution is 1.79. The molecule has 0 aromatic rings. The maximum absolute atomic E-state index is 10.6. The monoisotopic (exact) mass is 248 g/mol. The molecular formula is C3H8N2O7S2. The van der Waals surface area contributed by atoms with E-state index in [1.165, 1.54) is 0 Å². The van der Waals surface area contributed by atoms with Crippen molar-refractivity contribution in [1.29, 1.82) is 0 Å². The van der Waals surface area contributed by atoms with Crippen molar-refractivity contribution >= 4 is 26.3 Å². The van der Waals surface area contributed by atoms with Gasteiger partial charge in [-0.15, -0.1) is 0 Å². The number of urea groups is 1. The zero-order chi connectivity index (χ0) is 11.4. The lowest BCUT2D eigenvalue weighted by atomic mass is 10.9. The van der Waals surface area contributed by atoms with Crippen LogP contribution < -0.4 is 10.6 Å². The van der Waals surface area contributed by atoms with Crippen LogP contribution in [-0.4, -0.2) is 43.7 Å². The van der Waals surface area contributed by atoms with E-state index in [2.05, 4.69) is 0 Å². The highest BCUT2D eigenvalue weighted by molar-refractivity contribution is 7.86. The van der Waals surface area contributed by atoms with Gasteiger partial charge in [-0.2, -0.15) is 16.8 Å². The first-order chi connectivity index (χ1) is 6.10. The van der Waals surface area contributed by atoms with E-state index in [1.807, 2.05) is 0 Å². The SMILES string of the molecule is O=C(NCS(=O)(=O)O)NCS(=O)(=O)O. The number of carbonyl (C=O) groups is 1. The van der Waals surface area contributed by atoms with Gasteiger partial charge in [-0.05, 0) is 0 Å². The second kappa shape index (κ2) is 4.54. The normalized spacial score (nSPS) is 12.1. The summed E-state index contributed by atoms with van der Waals surface area (Å²) in [5.74, 6) is -2.10. The summed E-state index contributed by atoms with van der Waals surface area (Å²) in [6.07, 6.45) is 0. The Labute approximate surface area is 80.0 Å². The van der Waals surface area contributed by atoms with E-state index >= 15 is 0 Å². The van der Waals surface area contributed by atoms with Crippen LogP contribution in [0.25, 0.3) is 0 Å². The van der Waals surface area contributed by atoms with Crippen molar-refractivity contribution in [3.63, 3.8) is 0 Å². The first-order valence-corrected chi connectivity index (χ1v) is 6.24. The van der Waals surface area contributed by atoms with E-state index in [9.17, 15) is 21.6 Å². The third-order valence-electron chi connectivity index (χ3n) is 0.830. The quantitative estimate of drug-likeness (QED) is 0.419. The van der Waals surface area contributed by atoms with Crippen molar-refractivity contribution in [3.05, 3.63) is 0 Å². The Balaban J connectivity index is 3.91. The van der Waals surface area contributed by atoms with E-state index in [4.69, 9.17) is 9.11 Å². The summed E-state index contributed by atoms with van der Waals surface area (Å²) in [7, 11) is -8.71. The van der Waals surface area contributed by atoms with Gasteiger partial charge in [0.25, 0.3) is 20.2 Å². The standard InChI is InChI=1S/C3H8N2O7S2/c6-3(4-1-13(7,8)9)5-2-14(10,11)12/h1-2H2,(H2,4,5,6)(H,7,8,9)(H,10,11,12). The minimum Gasteiger partial charge on any atom is -0.322 e. The van der Waals surface area contributed by atoms with Crippen molar-refractivity contribution < 1.29 is 30.7 Å². The fraction of sp³-hybridized carbons (Fsp3) is 0.667. The van der Waals surface area contributed by atoms with Crippen molar-refractivity contribution in [2.45, 2.75) is 0 Å². The maximum atomic E-state index is 10.6. The molecule has 0 rings (SSSR count). The summed E-state index contributed by atoms with van der Waals surface area (Å²) in [5.41, 5.74) is 0. The Morgan fingerprint density at radius 3 is 1.43 bits per heavy atom.